The maximum Gasteiger partial charge on any atom is 0.276 e. The van der Waals surface area contributed by atoms with Gasteiger partial charge in [0.25, 0.3) is 11.8 Å². The number of aromatic nitrogens is 4. The Labute approximate surface area is 201 Å². The SMILES string of the molecule is Cc1c(NC(=O)c2c(NC(=O)c3cccc(COc4ccccc4Cl)c3)cnn2C)cnn1C. The second-order valence-corrected chi connectivity index (χ2v) is 8.03. The zero-order chi connectivity index (χ0) is 24.2. The molecule has 4 aromatic rings. The average molecular weight is 479 g/mol. The lowest BCUT2D eigenvalue weighted by atomic mass is 10.1. The highest BCUT2D eigenvalue weighted by Crippen LogP contribution is 2.24. The van der Waals surface area contributed by atoms with Crippen molar-refractivity contribution >= 4 is 34.8 Å². The van der Waals surface area contributed by atoms with Crippen molar-refractivity contribution in [3.05, 3.63) is 88.5 Å². The van der Waals surface area contributed by atoms with Gasteiger partial charge in [0.2, 0.25) is 0 Å². The van der Waals surface area contributed by atoms with Crippen LogP contribution in [0.15, 0.2) is 60.9 Å². The van der Waals surface area contributed by atoms with Crippen molar-refractivity contribution < 1.29 is 14.3 Å². The molecule has 9 nitrogen and oxygen atoms in total. The first-order chi connectivity index (χ1) is 16.3. The minimum absolute atomic E-state index is 0.217. The Morgan fingerprint density at radius 1 is 0.941 bits per heavy atom. The fraction of sp³-hybridized carbons (Fsp3) is 0.167. The molecule has 2 heterocycles. The Kier molecular flexibility index (Phi) is 6.65. The number of para-hydroxylation sites is 1. The van der Waals surface area contributed by atoms with Gasteiger partial charge >= 0.3 is 0 Å². The molecule has 0 saturated heterocycles. The maximum absolute atomic E-state index is 12.9. The van der Waals surface area contributed by atoms with E-state index in [0.29, 0.717) is 27.7 Å². The third kappa shape index (κ3) is 4.94. The number of benzene rings is 2. The molecule has 174 valence electrons. The van der Waals surface area contributed by atoms with E-state index in [0.717, 1.165) is 11.3 Å². The van der Waals surface area contributed by atoms with Crippen molar-refractivity contribution in [3.8, 4) is 5.75 Å². The minimum Gasteiger partial charge on any atom is -0.487 e. The van der Waals surface area contributed by atoms with Crippen molar-refractivity contribution in [1.82, 2.24) is 19.6 Å². The zero-order valence-corrected chi connectivity index (χ0v) is 19.6. The van der Waals surface area contributed by atoms with Crippen LogP contribution in [0.1, 0.15) is 32.1 Å². The number of aryl methyl sites for hydroxylation is 2. The number of carbonyl (C=O) groups is 2. The Morgan fingerprint density at radius 2 is 1.65 bits per heavy atom. The van der Waals surface area contributed by atoms with Gasteiger partial charge < -0.3 is 15.4 Å². The highest BCUT2D eigenvalue weighted by atomic mass is 35.5. The van der Waals surface area contributed by atoms with Crippen LogP contribution in [0, 0.1) is 6.92 Å². The first-order valence-electron chi connectivity index (χ1n) is 10.4. The van der Waals surface area contributed by atoms with E-state index in [1.54, 1.807) is 55.3 Å². The third-order valence-corrected chi connectivity index (χ3v) is 5.62. The Morgan fingerprint density at radius 3 is 2.38 bits per heavy atom. The van der Waals surface area contributed by atoms with Crippen LogP contribution in [0.4, 0.5) is 11.4 Å². The van der Waals surface area contributed by atoms with E-state index < -0.39 is 5.91 Å². The highest BCUT2D eigenvalue weighted by Gasteiger charge is 2.21. The monoisotopic (exact) mass is 478 g/mol. The van der Waals surface area contributed by atoms with E-state index in [1.165, 1.54) is 10.9 Å². The van der Waals surface area contributed by atoms with Crippen LogP contribution in [0.25, 0.3) is 0 Å². The van der Waals surface area contributed by atoms with Gasteiger partial charge in [0.1, 0.15) is 18.1 Å². The Bertz CT molecular complexity index is 1360. The molecular weight excluding hydrogens is 456 g/mol. The number of nitrogens with zero attached hydrogens (tertiary/aromatic N) is 4. The number of ether oxygens (including phenoxy) is 1. The van der Waals surface area contributed by atoms with Gasteiger partial charge in [0.15, 0.2) is 0 Å². The van der Waals surface area contributed by atoms with Crippen molar-refractivity contribution in [2.45, 2.75) is 13.5 Å². The van der Waals surface area contributed by atoms with E-state index in [4.69, 9.17) is 16.3 Å². The number of anilines is 2. The van der Waals surface area contributed by atoms with Crippen molar-refractivity contribution in [3.63, 3.8) is 0 Å². The van der Waals surface area contributed by atoms with Gasteiger partial charge in [-0.2, -0.15) is 10.2 Å². The zero-order valence-electron chi connectivity index (χ0n) is 18.9. The van der Waals surface area contributed by atoms with Crippen LogP contribution in [0.5, 0.6) is 5.75 Å². The summed E-state index contributed by atoms with van der Waals surface area (Å²) in [5, 5.41) is 14.4. The molecule has 0 bridgehead atoms. The number of carbonyl (C=O) groups excluding carboxylic acids is 2. The number of amides is 2. The molecule has 2 aromatic heterocycles. The average Bonchev–Trinajstić information content (AvgIpc) is 3.35. The summed E-state index contributed by atoms with van der Waals surface area (Å²) in [5.41, 5.74) is 3.11. The lowest BCUT2D eigenvalue weighted by Crippen LogP contribution is -2.20. The van der Waals surface area contributed by atoms with Gasteiger partial charge in [-0.3, -0.25) is 19.0 Å². The fourth-order valence-corrected chi connectivity index (χ4v) is 3.51. The summed E-state index contributed by atoms with van der Waals surface area (Å²) in [7, 11) is 3.42. The molecule has 0 aliphatic heterocycles. The molecule has 0 aliphatic carbocycles. The number of rotatable bonds is 7. The van der Waals surface area contributed by atoms with Gasteiger partial charge in [-0.05, 0) is 36.8 Å². The Balaban J connectivity index is 1.47. The van der Waals surface area contributed by atoms with E-state index in [1.807, 2.05) is 25.1 Å². The quantitative estimate of drug-likeness (QED) is 0.414. The van der Waals surface area contributed by atoms with E-state index >= 15 is 0 Å². The van der Waals surface area contributed by atoms with Gasteiger partial charge in [0, 0.05) is 19.7 Å². The smallest absolute Gasteiger partial charge is 0.276 e. The maximum atomic E-state index is 12.9. The summed E-state index contributed by atoms with van der Waals surface area (Å²) in [6.07, 6.45) is 3.01. The molecule has 10 heteroatoms. The van der Waals surface area contributed by atoms with E-state index in [-0.39, 0.29) is 18.2 Å². The van der Waals surface area contributed by atoms with Gasteiger partial charge in [-0.15, -0.1) is 0 Å². The number of halogens is 1. The molecule has 2 aromatic carbocycles. The second-order valence-electron chi connectivity index (χ2n) is 7.63. The summed E-state index contributed by atoms with van der Waals surface area (Å²) in [5.74, 6) is -0.221. The summed E-state index contributed by atoms with van der Waals surface area (Å²) < 4.78 is 8.82. The van der Waals surface area contributed by atoms with Crippen LogP contribution in [0.3, 0.4) is 0 Å². The normalized spacial score (nSPS) is 10.7. The minimum atomic E-state index is -0.409. The number of nitrogens with one attached hydrogen (secondary N) is 2. The van der Waals surface area contributed by atoms with Crippen molar-refractivity contribution in [2.75, 3.05) is 10.6 Å². The predicted octanol–water partition coefficient (Wildman–Crippen LogP) is 4.20. The molecule has 0 saturated carbocycles. The first kappa shape index (κ1) is 23.1. The van der Waals surface area contributed by atoms with Gasteiger partial charge in [-0.1, -0.05) is 35.9 Å². The molecule has 0 atom stereocenters. The molecule has 2 amide bonds. The summed E-state index contributed by atoms with van der Waals surface area (Å²) in [6.45, 7) is 2.09. The van der Waals surface area contributed by atoms with Gasteiger partial charge in [-0.25, -0.2) is 0 Å². The van der Waals surface area contributed by atoms with Crippen LogP contribution < -0.4 is 15.4 Å². The molecule has 2 N–H and O–H groups in total. The topological polar surface area (TPSA) is 103 Å². The molecular formula is C24H23ClN6O3. The molecule has 0 aliphatic rings. The number of hydrogen-bond donors (Lipinski definition) is 2. The second kappa shape index (κ2) is 9.80. The van der Waals surface area contributed by atoms with E-state index in [2.05, 4.69) is 20.8 Å². The molecule has 0 radical (unpaired) electrons. The first-order valence-corrected chi connectivity index (χ1v) is 10.8. The van der Waals surface area contributed by atoms with Crippen molar-refractivity contribution in [2.24, 2.45) is 14.1 Å². The number of hydrogen-bond acceptors (Lipinski definition) is 5. The predicted molar refractivity (Wildman–Crippen MR) is 129 cm³/mol. The lowest BCUT2D eigenvalue weighted by molar-refractivity contribution is 0.101. The molecule has 0 fully saturated rings. The highest BCUT2D eigenvalue weighted by molar-refractivity contribution is 6.32. The molecule has 4 rings (SSSR count). The molecule has 0 spiro atoms. The van der Waals surface area contributed by atoms with Crippen LogP contribution in [-0.4, -0.2) is 31.4 Å². The fourth-order valence-electron chi connectivity index (χ4n) is 3.32. The van der Waals surface area contributed by atoms with Crippen molar-refractivity contribution in [1.29, 1.82) is 0 Å². The standard InChI is InChI=1S/C24H23ClN6O3/c1-15-19(12-26-30(15)2)28-24(33)22-20(13-27-31(22)3)29-23(32)17-8-6-7-16(11-17)14-34-21-10-5-4-9-18(21)25/h4-13H,14H2,1-3H3,(H,28,33)(H,29,32). The van der Waals surface area contributed by atoms with Crippen LogP contribution in [0.2, 0.25) is 5.02 Å². The summed E-state index contributed by atoms with van der Waals surface area (Å²) in [4.78, 5) is 25.8. The van der Waals surface area contributed by atoms with Crippen LogP contribution in [-0.2, 0) is 20.7 Å². The van der Waals surface area contributed by atoms with E-state index in [9.17, 15) is 9.59 Å². The summed E-state index contributed by atoms with van der Waals surface area (Å²) in [6, 6.07) is 14.2. The summed E-state index contributed by atoms with van der Waals surface area (Å²) >= 11 is 6.13. The molecule has 34 heavy (non-hydrogen) atoms. The Hall–Kier alpha value is -4.11. The van der Waals surface area contributed by atoms with Crippen LogP contribution >= 0.6 is 11.6 Å². The third-order valence-electron chi connectivity index (χ3n) is 5.31. The lowest BCUT2D eigenvalue weighted by Gasteiger charge is -2.10. The largest absolute Gasteiger partial charge is 0.487 e. The molecule has 0 unspecified atom stereocenters. The van der Waals surface area contributed by atoms with Gasteiger partial charge in [0.05, 0.1) is 34.5 Å².